The van der Waals surface area contributed by atoms with Crippen LogP contribution in [0.25, 0.3) is 0 Å². The summed E-state index contributed by atoms with van der Waals surface area (Å²) >= 11 is 0. The zero-order chi connectivity index (χ0) is 15.2. The van der Waals surface area contributed by atoms with Crippen molar-refractivity contribution in [3.05, 3.63) is 12.2 Å². The van der Waals surface area contributed by atoms with Crippen molar-refractivity contribution in [2.75, 3.05) is 13.2 Å². The molecule has 1 N–H and O–H groups in total. The van der Waals surface area contributed by atoms with Crippen molar-refractivity contribution < 1.29 is 14.3 Å². The third-order valence-corrected chi connectivity index (χ3v) is 9.03. The standard InChI is InChI=1S/C16H32O3Si/c1-16(2,3)20(4,5)19-15-11-9-13-18-14(15)10-7-6-8-12-17/h6,8,14-15,17H,7,9-13H2,1-5H3/b8-6+/t14-,15+/m1/s1. The van der Waals surface area contributed by atoms with Crippen LogP contribution in [-0.2, 0) is 9.16 Å². The van der Waals surface area contributed by atoms with Crippen LogP contribution < -0.4 is 0 Å². The predicted octanol–water partition coefficient (Wildman–Crippen LogP) is 3.88. The summed E-state index contributed by atoms with van der Waals surface area (Å²) < 4.78 is 12.5. The van der Waals surface area contributed by atoms with Crippen LogP contribution in [0.3, 0.4) is 0 Å². The van der Waals surface area contributed by atoms with Crippen LogP contribution in [0.2, 0.25) is 18.1 Å². The fourth-order valence-corrected chi connectivity index (χ4v) is 3.60. The lowest BCUT2D eigenvalue weighted by atomic mass is 10.0. The Kier molecular flexibility index (Phi) is 6.92. The summed E-state index contributed by atoms with van der Waals surface area (Å²) in [6.45, 7) is 12.4. The molecule has 1 fully saturated rings. The Bertz CT molecular complexity index is 307. The molecule has 0 aromatic carbocycles. The average Bonchev–Trinajstić information content (AvgIpc) is 2.35. The van der Waals surface area contributed by atoms with E-state index in [9.17, 15) is 0 Å². The number of hydrogen-bond donors (Lipinski definition) is 1. The van der Waals surface area contributed by atoms with E-state index in [1.165, 1.54) is 0 Å². The molecule has 0 radical (unpaired) electrons. The van der Waals surface area contributed by atoms with E-state index in [0.717, 1.165) is 32.3 Å². The number of aliphatic hydroxyl groups excluding tert-OH is 1. The first-order valence-corrected chi connectivity index (χ1v) is 10.7. The maximum atomic E-state index is 8.76. The second-order valence-electron chi connectivity index (χ2n) is 7.20. The molecule has 20 heavy (non-hydrogen) atoms. The molecule has 0 aliphatic carbocycles. The molecule has 3 nitrogen and oxygen atoms in total. The van der Waals surface area contributed by atoms with Crippen LogP contribution in [0.4, 0.5) is 0 Å². The highest BCUT2D eigenvalue weighted by atomic mass is 28.4. The second kappa shape index (κ2) is 7.73. The van der Waals surface area contributed by atoms with Gasteiger partial charge < -0.3 is 14.3 Å². The first kappa shape index (κ1) is 17.9. The highest BCUT2D eigenvalue weighted by molar-refractivity contribution is 6.74. The van der Waals surface area contributed by atoms with Gasteiger partial charge in [0, 0.05) is 6.61 Å². The molecular weight excluding hydrogens is 268 g/mol. The van der Waals surface area contributed by atoms with E-state index < -0.39 is 8.32 Å². The summed E-state index contributed by atoms with van der Waals surface area (Å²) in [5.74, 6) is 0. The zero-order valence-electron chi connectivity index (χ0n) is 13.8. The van der Waals surface area contributed by atoms with Crippen molar-refractivity contribution in [1.82, 2.24) is 0 Å². The van der Waals surface area contributed by atoms with Crippen LogP contribution in [0.5, 0.6) is 0 Å². The molecule has 4 heteroatoms. The molecule has 0 aromatic heterocycles. The SMILES string of the molecule is CC(C)(C)[Si](C)(C)O[C@H]1CCCO[C@@H]1CC/C=C/CO. The third-order valence-electron chi connectivity index (χ3n) is 4.52. The molecule has 2 atom stereocenters. The van der Waals surface area contributed by atoms with Crippen molar-refractivity contribution in [2.45, 2.75) is 76.8 Å². The van der Waals surface area contributed by atoms with E-state index in [4.69, 9.17) is 14.3 Å². The molecule has 0 spiro atoms. The zero-order valence-corrected chi connectivity index (χ0v) is 14.8. The minimum atomic E-state index is -1.73. The van der Waals surface area contributed by atoms with Gasteiger partial charge in [-0.3, -0.25) is 0 Å². The smallest absolute Gasteiger partial charge is 0.192 e. The Hall–Kier alpha value is -0.163. The van der Waals surface area contributed by atoms with E-state index in [-0.39, 0.29) is 23.9 Å². The minimum Gasteiger partial charge on any atom is -0.411 e. The normalized spacial score (nSPS) is 25.3. The lowest BCUT2D eigenvalue weighted by molar-refractivity contribution is -0.0702. The van der Waals surface area contributed by atoms with Gasteiger partial charge in [0.2, 0.25) is 0 Å². The summed E-state index contributed by atoms with van der Waals surface area (Å²) in [6.07, 6.45) is 8.42. The largest absolute Gasteiger partial charge is 0.411 e. The van der Waals surface area contributed by atoms with Gasteiger partial charge in [0.05, 0.1) is 18.8 Å². The molecule has 1 aliphatic heterocycles. The number of rotatable bonds is 6. The van der Waals surface area contributed by atoms with Gasteiger partial charge in [-0.25, -0.2) is 0 Å². The van der Waals surface area contributed by atoms with Gasteiger partial charge in [0.1, 0.15) is 0 Å². The molecule has 1 aliphatic rings. The first-order chi connectivity index (χ1) is 9.28. The van der Waals surface area contributed by atoms with Gasteiger partial charge in [-0.15, -0.1) is 0 Å². The summed E-state index contributed by atoms with van der Waals surface area (Å²) in [6, 6.07) is 0. The van der Waals surface area contributed by atoms with Crippen molar-refractivity contribution in [2.24, 2.45) is 0 Å². The van der Waals surface area contributed by atoms with Crippen molar-refractivity contribution in [1.29, 1.82) is 0 Å². The minimum absolute atomic E-state index is 0.120. The fraction of sp³-hybridized carbons (Fsp3) is 0.875. The quantitative estimate of drug-likeness (QED) is 0.597. The third kappa shape index (κ3) is 5.32. The molecule has 118 valence electrons. The van der Waals surface area contributed by atoms with Crippen LogP contribution in [0.15, 0.2) is 12.2 Å². The van der Waals surface area contributed by atoms with E-state index in [1.54, 1.807) is 6.08 Å². The number of aliphatic hydroxyl groups is 1. The van der Waals surface area contributed by atoms with E-state index in [0.29, 0.717) is 0 Å². The Morgan fingerprint density at radius 1 is 1.30 bits per heavy atom. The van der Waals surface area contributed by atoms with Gasteiger partial charge in [-0.2, -0.15) is 0 Å². The summed E-state index contributed by atoms with van der Waals surface area (Å²) in [5, 5.41) is 9.00. The molecule has 1 saturated heterocycles. The average molecular weight is 301 g/mol. The molecule has 0 saturated carbocycles. The van der Waals surface area contributed by atoms with Crippen molar-refractivity contribution >= 4 is 8.32 Å². The molecule has 1 heterocycles. The van der Waals surface area contributed by atoms with Gasteiger partial charge >= 0.3 is 0 Å². The Morgan fingerprint density at radius 2 is 2.00 bits per heavy atom. The number of ether oxygens (including phenoxy) is 1. The summed E-state index contributed by atoms with van der Waals surface area (Å²) in [5.41, 5.74) is 0. The molecule has 1 rings (SSSR count). The van der Waals surface area contributed by atoms with E-state index in [1.807, 2.05) is 6.08 Å². The number of hydrogen-bond acceptors (Lipinski definition) is 3. The van der Waals surface area contributed by atoms with Crippen LogP contribution >= 0.6 is 0 Å². The lowest BCUT2D eigenvalue weighted by Gasteiger charge is -2.43. The van der Waals surface area contributed by atoms with E-state index in [2.05, 4.69) is 33.9 Å². The molecule has 0 aromatic rings. The maximum Gasteiger partial charge on any atom is 0.192 e. The molecule has 0 bridgehead atoms. The summed E-state index contributed by atoms with van der Waals surface area (Å²) in [4.78, 5) is 0. The fourth-order valence-electron chi connectivity index (χ4n) is 2.22. The number of allylic oxidation sites excluding steroid dienone is 1. The first-order valence-electron chi connectivity index (χ1n) is 7.83. The molecule has 0 unspecified atom stereocenters. The Labute approximate surface area is 125 Å². The summed E-state index contributed by atoms with van der Waals surface area (Å²) in [7, 11) is -1.73. The maximum absolute atomic E-state index is 8.76. The van der Waals surface area contributed by atoms with Gasteiger partial charge in [-0.05, 0) is 43.8 Å². The highest BCUT2D eigenvalue weighted by Gasteiger charge is 2.41. The topological polar surface area (TPSA) is 38.7 Å². The van der Waals surface area contributed by atoms with Crippen molar-refractivity contribution in [3.63, 3.8) is 0 Å². The van der Waals surface area contributed by atoms with Gasteiger partial charge in [0.15, 0.2) is 8.32 Å². The van der Waals surface area contributed by atoms with Crippen LogP contribution in [0, 0.1) is 0 Å². The van der Waals surface area contributed by atoms with Gasteiger partial charge in [0.25, 0.3) is 0 Å². The van der Waals surface area contributed by atoms with E-state index >= 15 is 0 Å². The van der Waals surface area contributed by atoms with Crippen molar-refractivity contribution in [3.8, 4) is 0 Å². The monoisotopic (exact) mass is 300 g/mol. The Morgan fingerprint density at radius 3 is 2.60 bits per heavy atom. The molecule has 0 amide bonds. The highest BCUT2D eigenvalue weighted by Crippen LogP contribution is 2.39. The molecular formula is C16H32O3Si. The van der Waals surface area contributed by atoms with Crippen LogP contribution in [-0.4, -0.2) is 38.8 Å². The van der Waals surface area contributed by atoms with Gasteiger partial charge in [-0.1, -0.05) is 32.9 Å². The Balaban J connectivity index is 2.58. The lowest BCUT2D eigenvalue weighted by Crippen LogP contribution is -2.49. The second-order valence-corrected chi connectivity index (χ2v) is 12.0. The van der Waals surface area contributed by atoms with Crippen LogP contribution in [0.1, 0.15) is 46.5 Å². The predicted molar refractivity (Wildman–Crippen MR) is 86.5 cm³/mol.